The van der Waals surface area contributed by atoms with Crippen LogP contribution < -0.4 is 0 Å². The van der Waals surface area contributed by atoms with Gasteiger partial charge in [0.25, 0.3) is 0 Å². The summed E-state index contributed by atoms with van der Waals surface area (Å²) in [7, 11) is 0. The third kappa shape index (κ3) is 1.06. The number of hydrogen-bond acceptors (Lipinski definition) is 4. The summed E-state index contributed by atoms with van der Waals surface area (Å²) in [6.07, 6.45) is -1.23. The van der Waals surface area contributed by atoms with Gasteiger partial charge in [0, 0.05) is 5.56 Å². The van der Waals surface area contributed by atoms with Gasteiger partial charge in [-0.05, 0) is 18.2 Å². The van der Waals surface area contributed by atoms with Gasteiger partial charge >= 0.3 is 5.97 Å². The quantitative estimate of drug-likeness (QED) is 0.590. The Morgan fingerprint density at radius 3 is 3.00 bits per heavy atom. The number of carbonyl (C=O) groups is 1. The van der Waals surface area contributed by atoms with Crippen LogP contribution in [0.5, 0.6) is 0 Å². The van der Waals surface area contributed by atoms with Crippen molar-refractivity contribution >= 4 is 5.97 Å². The summed E-state index contributed by atoms with van der Waals surface area (Å²) >= 11 is 0. The van der Waals surface area contributed by atoms with Gasteiger partial charge in [0.15, 0.2) is 0 Å². The highest BCUT2D eigenvalue weighted by Gasteiger charge is 2.29. The predicted molar refractivity (Wildman–Crippen MR) is 41.5 cm³/mol. The van der Waals surface area contributed by atoms with Crippen LogP contribution >= 0.6 is 0 Å². The topological polar surface area (TPSA) is 70.3 Å². The lowest BCUT2D eigenvalue weighted by Gasteiger charge is -2.00. The Balaban J connectivity index is 2.60. The Kier molecular flexibility index (Phi) is 1.54. The molecule has 1 aliphatic heterocycles. The van der Waals surface area contributed by atoms with E-state index in [2.05, 4.69) is 4.74 Å². The fourth-order valence-electron chi connectivity index (χ4n) is 1.25. The molecule has 4 nitrogen and oxygen atoms in total. The van der Waals surface area contributed by atoms with E-state index in [4.69, 9.17) is 5.26 Å². The zero-order valence-corrected chi connectivity index (χ0v) is 6.52. The van der Waals surface area contributed by atoms with Crippen molar-refractivity contribution in [1.82, 2.24) is 0 Å². The molecule has 0 aromatic heterocycles. The third-order valence-corrected chi connectivity index (χ3v) is 1.89. The minimum absolute atomic E-state index is 0.325. The highest BCUT2D eigenvalue weighted by molar-refractivity contribution is 5.93. The fraction of sp³-hybridized carbons (Fsp3) is 0.111. The van der Waals surface area contributed by atoms with Crippen molar-refractivity contribution < 1.29 is 14.6 Å². The molecule has 1 aromatic rings. The van der Waals surface area contributed by atoms with Crippen LogP contribution in [0.4, 0.5) is 0 Å². The first kappa shape index (κ1) is 7.77. The number of hydrogen-bond donors (Lipinski definition) is 1. The van der Waals surface area contributed by atoms with Gasteiger partial charge in [-0.25, -0.2) is 4.79 Å². The molecule has 13 heavy (non-hydrogen) atoms. The number of nitrogens with zero attached hydrogens (tertiary/aromatic N) is 1. The number of aliphatic hydroxyl groups excluding tert-OH is 1. The monoisotopic (exact) mass is 175 g/mol. The summed E-state index contributed by atoms with van der Waals surface area (Å²) in [5.41, 5.74) is 1.09. The van der Waals surface area contributed by atoms with Gasteiger partial charge in [0.1, 0.15) is 0 Å². The standard InChI is InChI=1S/C9H5NO3/c10-4-5-1-2-6-7(3-5)9(12)13-8(6)11/h1-3,9,12H. The molecule has 1 unspecified atom stereocenters. The number of benzene rings is 1. The van der Waals surface area contributed by atoms with Gasteiger partial charge in [-0.2, -0.15) is 5.26 Å². The van der Waals surface area contributed by atoms with E-state index in [1.165, 1.54) is 18.2 Å². The average molecular weight is 175 g/mol. The summed E-state index contributed by atoms with van der Waals surface area (Å²) in [5.74, 6) is -0.549. The van der Waals surface area contributed by atoms with Gasteiger partial charge in [0.2, 0.25) is 6.29 Å². The lowest BCUT2D eigenvalue weighted by Crippen LogP contribution is -1.95. The zero-order chi connectivity index (χ0) is 9.42. The van der Waals surface area contributed by atoms with Crippen molar-refractivity contribution in [2.45, 2.75) is 6.29 Å². The maximum Gasteiger partial charge on any atom is 0.341 e. The molecule has 0 saturated carbocycles. The molecule has 1 heterocycles. The summed E-state index contributed by atoms with van der Waals surface area (Å²) in [6, 6.07) is 6.35. The Labute approximate surface area is 74.0 Å². The molecule has 0 fully saturated rings. The number of esters is 1. The van der Waals surface area contributed by atoms with Gasteiger partial charge < -0.3 is 9.84 Å². The number of fused-ring (bicyclic) bond motifs is 1. The van der Waals surface area contributed by atoms with E-state index in [1.54, 1.807) is 0 Å². The van der Waals surface area contributed by atoms with Crippen molar-refractivity contribution in [2.75, 3.05) is 0 Å². The van der Waals surface area contributed by atoms with Crippen LogP contribution in [0, 0.1) is 11.3 Å². The lowest BCUT2D eigenvalue weighted by atomic mass is 10.1. The molecule has 0 radical (unpaired) electrons. The second kappa shape index (κ2) is 2.57. The van der Waals surface area contributed by atoms with Crippen molar-refractivity contribution in [3.63, 3.8) is 0 Å². The van der Waals surface area contributed by atoms with E-state index in [0.717, 1.165) is 0 Å². The largest absolute Gasteiger partial charge is 0.428 e. The third-order valence-electron chi connectivity index (χ3n) is 1.89. The molecule has 0 spiro atoms. The van der Waals surface area contributed by atoms with Gasteiger partial charge in [-0.3, -0.25) is 0 Å². The number of ether oxygens (including phenoxy) is 1. The summed E-state index contributed by atoms with van der Waals surface area (Å²) in [4.78, 5) is 11.0. The Morgan fingerprint density at radius 1 is 1.54 bits per heavy atom. The van der Waals surface area contributed by atoms with E-state index in [1.807, 2.05) is 6.07 Å². The Bertz CT molecular complexity index is 419. The molecule has 64 valence electrons. The van der Waals surface area contributed by atoms with E-state index >= 15 is 0 Å². The molecule has 4 heteroatoms. The van der Waals surface area contributed by atoms with Crippen molar-refractivity contribution in [1.29, 1.82) is 5.26 Å². The molecule has 1 aromatic carbocycles. The van der Waals surface area contributed by atoms with Crippen LogP contribution in [0.15, 0.2) is 18.2 Å². The van der Waals surface area contributed by atoms with Crippen LogP contribution in [-0.4, -0.2) is 11.1 Å². The molecule has 2 rings (SSSR count). The van der Waals surface area contributed by atoms with E-state index in [0.29, 0.717) is 16.7 Å². The summed E-state index contributed by atoms with van der Waals surface area (Å²) in [6.45, 7) is 0. The minimum Gasteiger partial charge on any atom is -0.428 e. The van der Waals surface area contributed by atoms with Gasteiger partial charge in [-0.1, -0.05) is 0 Å². The second-order valence-corrected chi connectivity index (χ2v) is 2.67. The predicted octanol–water partition coefficient (Wildman–Crippen LogP) is 0.720. The SMILES string of the molecule is N#Cc1ccc2c(c1)C(O)OC2=O. The zero-order valence-electron chi connectivity index (χ0n) is 6.52. The molecule has 1 aliphatic rings. The highest BCUT2D eigenvalue weighted by Crippen LogP contribution is 2.28. The van der Waals surface area contributed by atoms with Crippen LogP contribution in [0.25, 0.3) is 0 Å². The van der Waals surface area contributed by atoms with Crippen molar-refractivity contribution in [3.8, 4) is 6.07 Å². The van der Waals surface area contributed by atoms with E-state index in [-0.39, 0.29) is 0 Å². The number of carbonyl (C=O) groups excluding carboxylic acids is 1. The average Bonchev–Trinajstić information content (AvgIpc) is 2.42. The number of rotatable bonds is 0. The smallest absolute Gasteiger partial charge is 0.341 e. The Hall–Kier alpha value is -1.86. The fourth-order valence-corrected chi connectivity index (χ4v) is 1.25. The van der Waals surface area contributed by atoms with Gasteiger partial charge in [0.05, 0.1) is 17.2 Å². The van der Waals surface area contributed by atoms with E-state index in [9.17, 15) is 9.90 Å². The van der Waals surface area contributed by atoms with Crippen LogP contribution in [0.1, 0.15) is 27.8 Å². The number of nitriles is 1. The first-order valence-electron chi connectivity index (χ1n) is 3.65. The molecular formula is C9H5NO3. The van der Waals surface area contributed by atoms with Crippen LogP contribution in [0.3, 0.4) is 0 Å². The highest BCUT2D eigenvalue weighted by atomic mass is 16.6. The van der Waals surface area contributed by atoms with Crippen molar-refractivity contribution in [3.05, 3.63) is 34.9 Å². The first-order valence-corrected chi connectivity index (χ1v) is 3.65. The molecule has 1 N–H and O–H groups in total. The van der Waals surface area contributed by atoms with Crippen LogP contribution in [0.2, 0.25) is 0 Å². The molecular weight excluding hydrogens is 170 g/mol. The summed E-state index contributed by atoms with van der Waals surface area (Å²) in [5, 5.41) is 17.8. The first-order chi connectivity index (χ1) is 6.22. The summed E-state index contributed by atoms with van der Waals surface area (Å²) < 4.78 is 4.54. The lowest BCUT2D eigenvalue weighted by molar-refractivity contribution is -0.0547. The molecule has 1 atom stereocenters. The molecule has 0 bridgehead atoms. The molecule has 0 aliphatic carbocycles. The molecule has 0 amide bonds. The Morgan fingerprint density at radius 2 is 2.31 bits per heavy atom. The normalized spacial score (nSPS) is 19.1. The van der Waals surface area contributed by atoms with Crippen molar-refractivity contribution in [2.24, 2.45) is 0 Å². The minimum atomic E-state index is -1.23. The number of aliphatic hydroxyl groups is 1. The number of cyclic esters (lactones) is 1. The second-order valence-electron chi connectivity index (χ2n) is 2.67. The van der Waals surface area contributed by atoms with Crippen LogP contribution in [-0.2, 0) is 4.74 Å². The van der Waals surface area contributed by atoms with E-state index < -0.39 is 12.3 Å². The maximum absolute atomic E-state index is 11.0. The molecule has 0 saturated heterocycles. The maximum atomic E-state index is 11.0. The van der Waals surface area contributed by atoms with Gasteiger partial charge in [-0.15, -0.1) is 0 Å².